The highest BCUT2D eigenvalue weighted by atomic mass is 127. The quantitative estimate of drug-likeness (QED) is 0.556. The molecule has 128 valence electrons. The summed E-state index contributed by atoms with van der Waals surface area (Å²) in [6.07, 6.45) is -0.714. The smallest absolute Gasteiger partial charge is 0.0982 e. The monoisotopic (exact) mass is 438 g/mol. The molecular formula is C19H23IN2O2. The van der Waals surface area contributed by atoms with Crippen molar-refractivity contribution in [1.29, 1.82) is 0 Å². The SMILES string of the molecule is N[C@H](c1ccc(CI)cc1)[C@@H](O)c1ccc(N2CCOCC2)cc1. The molecule has 4 nitrogen and oxygen atoms in total. The first-order chi connectivity index (χ1) is 11.7. The third kappa shape index (κ3) is 4.08. The maximum atomic E-state index is 10.6. The molecule has 5 heteroatoms. The average molecular weight is 438 g/mol. The number of rotatable bonds is 5. The van der Waals surface area contributed by atoms with Crippen LogP contribution < -0.4 is 10.6 Å². The number of morpholine rings is 1. The number of hydrogen-bond donors (Lipinski definition) is 2. The van der Waals surface area contributed by atoms with Gasteiger partial charge in [-0.3, -0.25) is 0 Å². The van der Waals surface area contributed by atoms with Crippen molar-refractivity contribution < 1.29 is 9.84 Å². The number of benzene rings is 2. The Morgan fingerprint density at radius 1 is 1.00 bits per heavy atom. The van der Waals surface area contributed by atoms with Crippen molar-refractivity contribution in [3.8, 4) is 0 Å². The van der Waals surface area contributed by atoms with Gasteiger partial charge in [-0.15, -0.1) is 0 Å². The van der Waals surface area contributed by atoms with Crippen LogP contribution in [0.4, 0.5) is 5.69 Å². The Morgan fingerprint density at radius 3 is 2.17 bits per heavy atom. The summed E-state index contributed by atoms with van der Waals surface area (Å²) in [5, 5.41) is 10.6. The number of nitrogens with zero attached hydrogens (tertiary/aromatic N) is 1. The normalized spacial score (nSPS) is 17.5. The molecule has 3 rings (SSSR count). The highest BCUT2D eigenvalue weighted by Gasteiger charge is 2.19. The molecule has 1 heterocycles. The molecule has 0 unspecified atom stereocenters. The molecule has 1 aliphatic heterocycles. The molecule has 1 saturated heterocycles. The van der Waals surface area contributed by atoms with Gasteiger partial charge in [0, 0.05) is 23.2 Å². The fourth-order valence-electron chi connectivity index (χ4n) is 2.92. The third-order valence-electron chi connectivity index (χ3n) is 4.47. The lowest BCUT2D eigenvalue weighted by atomic mass is 9.96. The lowest BCUT2D eigenvalue weighted by Crippen LogP contribution is -2.36. The summed E-state index contributed by atoms with van der Waals surface area (Å²) >= 11 is 2.33. The Hall–Kier alpha value is -1.15. The zero-order valence-electron chi connectivity index (χ0n) is 13.6. The van der Waals surface area contributed by atoms with E-state index in [0.717, 1.165) is 47.5 Å². The number of anilines is 1. The fraction of sp³-hybridized carbons (Fsp3) is 0.368. The van der Waals surface area contributed by atoms with Crippen LogP contribution in [0.2, 0.25) is 0 Å². The van der Waals surface area contributed by atoms with Crippen molar-refractivity contribution in [1.82, 2.24) is 0 Å². The second-order valence-corrected chi connectivity index (χ2v) is 6.80. The second-order valence-electron chi connectivity index (χ2n) is 6.04. The van der Waals surface area contributed by atoms with E-state index in [-0.39, 0.29) is 0 Å². The van der Waals surface area contributed by atoms with Crippen LogP contribution in [0.1, 0.15) is 28.8 Å². The van der Waals surface area contributed by atoms with Gasteiger partial charge in [-0.05, 0) is 28.8 Å². The first-order valence-corrected chi connectivity index (χ1v) is 9.72. The van der Waals surface area contributed by atoms with E-state index in [0.29, 0.717) is 0 Å². The van der Waals surface area contributed by atoms with E-state index in [1.54, 1.807) is 0 Å². The van der Waals surface area contributed by atoms with Crippen LogP contribution >= 0.6 is 22.6 Å². The van der Waals surface area contributed by atoms with Crippen LogP contribution in [-0.4, -0.2) is 31.4 Å². The van der Waals surface area contributed by atoms with E-state index in [4.69, 9.17) is 10.5 Å². The van der Waals surface area contributed by atoms with Crippen LogP contribution in [-0.2, 0) is 9.16 Å². The summed E-state index contributed by atoms with van der Waals surface area (Å²) in [7, 11) is 0. The summed E-state index contributed by atoms with van der Waals surface area (Å²) in [6.45, 7) is 3.35. The molecule has 3 N–H and O–H groups in total. The van der Waals surface area contributed by atoms with Crippen LogP contribution in [0.15, 0.2) is 48.5 Å². The molecule has 0 aliphatic carbocycles. The standard InChI is InChI=1S/C19H23IN2O2/c20-13-14-1-3-15(4-2-14)18(21)19(23)16-5-7-17(8-6-16)22-9-11-24-12-10-22/h1-8,18-19,23H,9-13,21H2/t18-,19+/m1/s1. The Morgan fingerprint density at radius 2 is 1.58 bits per heavy atom. The van der Waals surface area contributed by atoms with Gasteiger partial charge >= 0.3 is 0 Å². The minimum absolute atomic E-state index is 0.428. The van der Waals surface area contributed by atoms with Crippen molar-refractivity contribution in [2.45, 2.75) is 16.6 Å². The maximum absolute atomic E-state index is 10.6. The van der Waals surface area contributed by atoms with Crippen molar-refractivity contribution in [2.24, 2.45) is 5.73 Å². The van der Waals surface area contributed by atoms with E-state index in [1.165, 1.54) is 5.56 Å². The van der Waals surface area contributed by atoms with Crippen LogP contribution in [0.5, 0.6) is 0 Å². The van der Waals surface area contributed by atoms with E-state index in [1.807, 2.05) is 24.3 Å². The highest BCUT2D eigenvalue weighted by Crippen LogP contribution is 2.28. The molecular weight excluding hydrogens is 415 g/mol. The van der Waals surface area contributed by atoms with Crippen molar-refractivity contribution in [2.75, 3.05) is 31.2 Å². The molecule has 0 aromatic heterocycles. The first-order valence-electron chi connectivity index (χ1n) is 8.20. The number of nitrogens with two attached hydrogens (primary N) is 1. The zero-order chi connectivity index (χ0) is 16.9. The molecule has 0 saturated carbocycles. The van der Waals surface area contributed by atoms with E-state index < -0.39 is 12.1 Å². The number of hydrogen-bond acceptors (Lipinski definition) is 4. The highest BCUT2D eigenvalue weighted by molar-refractivity contribution is 14.1. The van der Waals surface area contributed by atoms with Gasteiger partial charge in [0.25, 0.3) is 0 Å². The molecule has 2 aromatic carbocycles. The van der Waals surface area contributed by atoms with Crippen molar-refractivity contribution in [3.05, 3.63) is 65.2 Å². The first kappa shape index (κ1) is 17.7. The van der Waals surface area contributed by atoms with Gasteiger partial charge in [-0.25, -0.2) is 0 Å². The molecule has 24 heavy (non-hydrogen) atoms. The van der Waals surface area contributed by atoms with E-state index >= 15 is 0 Å². The summed E-state index contributed by atoms with van der Waals surface area (Å²) in [5.41, 5.74) is 10.5. The van der Waals surface area contributed by atoms with Crippen LogP contribution in [0, 0.1) is 0 Å². The molecule has 0 bridgehead atoms. The summed E-state index contributed by atoms with van der Waals surface area (Å²) in [5.74, 6) is 0. The second kappa shape index (κ2) is 8.29. The Balaban J connectivity index is 1.70. The van der Waals surface area contributed by atoms with Gasteiger partial charge in [0.1, 0.15) is 0 Å². The molecule has 2 atom stereocenters. The number of ether oxygens (including phenoxy) is 1. The van der Waals surface area contributed by atoms with Crippen LogP contribution in [0.25, 0.3) is 0 Å². The molecule has 1 aliphatic rings. The van der Waals surface area contributed by atoms with E-state index in [2.05, 4.69) is 51.8 Å². The third-order valence-corrected chi connectivity index (χ3v) is 5.35. The van der Waals surface area contributed by atoms with Gasteiger partial charge in [0.15, 0.2) is 0 Å². The van der Waals surface area contributed by atoms with Gasteiger partial charge in [0.2, 0.25) is 0 Å². The predicted molar refractivity (Wildman–Crippen MR) is 106 cm³/mol. The van der Waals surface area contributed by atoms with Gasteiger partial charge in [-0.1, -0.05) is 59.0 Å². The minimum atomic E-state index is -0.714. The Labute approximate surface area is 156 Å². The lowest BCUT2D eigenvalue weighted by Gasteiger charge is -2.29. The van der Waals surface area contributed by atoms with Gasteiger partial charge in [-0.2, -0.15) is 0 Å². The summed E-state index contributed by atoms with van der Waals surface area (Å²) in [6, 6.07) is 15.7. The summed E-state index contributed by atoms with van der Waals surface area (Å²) in [4.78, 5) is 2.29. The van der Waals surface area contributed by atoms with Crippen LogP contribution in [0.3, 0.4) is 0 Å². The topological polar surface area (TPSA) is 58.7 Å². The number of halogens is 1. The van der Waals surface area contributed by atoms with Crippen molar-refractivity contribution in [3.63, 3.8) is 0 Å². The largest absolute Gasteiger partial charge is 0.386 e. The molecule has 2 aromatic rings. The number of aliphatic hydroxyl groups is 1. The fourth-order valence-corrected chi connectivity index (χ4v) is 3.43. The number of alkyl halides is 1. The Bertz CT molecular complexity index is 639. The van der Waals surface area contributed by atoms with E-state index in [9.17, 15) is 5.11 Å². The summed E-state index contributed by atoms with van der Waals surface area (Å²) < 4.78 is 6.35. The minimum Gasteiger partial charge on any atom is -0.386 e. The number of aliphatic hydroxyl groups excluding tert-OH is 1. The molecule has 0 radical (unpaired) electrons. The predicted octanol–water partition coefficient (Wildman–Crippen LogP) is 3.19. The molecule has 0 amide bonds. The Kier molecular flexibility index (Phi) is 6.10. The zero-order valence-corrected chi connectivity index (χ0v) is 15.7. The maximum Gasteiger partial charge on any atom is 0.0982 e. The van der Waals surface area contributed by atoms with Crippen molar-refractivity contribution >= 4 is 28.3 Å². The lowest BCUT2D eigenvalue weighted by molar-refractivity contribution is 0.122. The van der Waals surface area contributed by atoms with Gasteiger partial charge < -0.3 is 20.5 Å². The average Bonchev–Trinajstić information content (AvgIpc) is 2.68. The molecule has 1 fully saturated rings. The molecule has 0 spiro atoms. The van der Waals surface area contributed by atoms with Gasteiger partial charge in [0.05, 0.1) is 25.4 Å².